The molecular weight excluding hydrogens is 273 g/mol. The van der Waals surface area contributed by atoms with Crippen LogP contribution in [0, 0.1) is 0 Å². The van der Waals surface area contributed by atoms with Crippen LogP contribution in [0.1, 0.15) is 12.5 Å². The molecular formula is C13H17F3N2O2. The van der Waals surface area contributed by atoms with Crippen molar-refractivity contribution in [3.63, 3.8) is 0 Å². The highest BCUT2D eigenvalue weighted by Gasteiger charge is 2.27. The van der Waals surface area contributed by atoms with Crippen LogP contribution in [0.2, 0.25) is 0 Å². The normalized spacial score (nSPS) is 11.4. The van der Waals surface area contributed by atoms with Gasteiger partial charge in [-0.2, -0.15) is 13.2 Å². The highest BCUT2D eigenvalue weighted by Crippen LogP contribution is 2.14. The fourth-order valence-electron chi connectivity index (χ4n) is 1.43. The van der Waals surface area contributed by atoms with Gasteiger partial charge in [-0.25, -0.2) is 0 Å². The first-order valence-electron chi connectivity index (χ1n) is 6.14. The van der Waals surface area contributed by atoms with Gasteiger partial charge in [-0.15, -0.1) is 0 Å². The summed E-state index contributed by atoms with van der Waals surface area (Å²) in [6.07, 6.45) is -4.42. The van der Waals surface area contributed by atoms with Crippen LogP contribution in [-0.2, 0) is 16.1 Å². The molecule has 0 radical (unpaired) electrons. The summed E-state index contributed by atoms with van der Waals surface area (Å²) in [5.74, 6) is -0.617. The fraction of sp³-hybridized carbons (Fsp3) is 0.462. The lowest BCUT2D eigenvalue weighted by molar-refractivity contribution is -0.174. The number of amides is 1. The van der Waals surface area contributed by atoms with Gasteiger partial charge in [0.1, 0.15) is 13.2 Å². The van der Waals surface area contributed by atoms with E-state index >= 15 is 0 Å². The molecule has 0 aliphatic rings. The first-order valence-corrected chi connectivity index (χ1v) is 6.14. The van der Waals surface area contributed by atoms with Crippen molar-refractivity contribution < 1.29 is 22.7 Å². The van der Waals surface area contributed by atoms with Crippen molar-refractivity contribution in [1.82, 2.24) is 5.32 Å². The number of rotatable bonds is 7. The van der Waals surface area contributed by atoms with E-state index in [9.17, 15) is 18.0 Å². The van der Waals surface area contributed by atoms with Crippen LogP contribution in [0.4, 0.5) is 18.9 Å². The lowest BCUT2D eigenvalue weighted by Crippen LogP contribution is -2.24. The summed E-state index contributed by atoms with van der Waals surface area (Å²) in [4.78, 5) is 11.3. The SMILES string of the molecule is CCNCc1ccc(NC(=O)COCC(F)(F)F)cc1. The summed E-state index contributed by atoms with van der Waals surface area (Å²) in [7, 11) is 0. The van der Waals surface area contributed by atoms with Crippen molar-refractivity contribution >= 4 is 11.6 Å². The molecule has 0 unspecified atom stereocenters. The Balaban J connectivity index is 2.34. The molecule has 0 fully saturated rings. The zero-order valence-corrected chi connectivity index (χ0v) is 11.1. The van der Waals surface area contributed by atoms with Gasteiger partial charge in [-0.1, -0.05) is 19.1 Å². The summed E-state index contributed by atoms with van der Waals surface area (Å²) in [5, 5.41) is 5.61. The molecule has 112 valence electrons. The number of carbonyl (C=O) groups is 1. The number of hydrogen-bond acceptors (Lipinski definition) is 3. The molecule has 0 heterocycles. The maximum Gasteiger partial charge on any atom is 0.411 e. The number of benzene rings is 1. The van der Waals surface area contributed by atoms with E-state index in [1.807, 2.05) is 19.1 Å². The molecule has 0 saturated carbocycles. The molecule has 0 saturated heterocycles. The monoisotopic (exact) mass is 290 g/mol. The van der Waals surface area contributed by atoms with Gasteiger partial charge >= 0.3 is 6.18 Å². The lowest BCUT2D eigenvalue weighted by Gasteiger charge is -2.09. The minimum absolute atomic E-state index is 0.519. The molecule has 0 aliphatic heterocycles. The van der Waals surface area contributed by atoms with Gasteiger partial charge in [0.15, 0.2) is 0 Å². The number of anilines is 1. The van der Waals surface area contributed by atoms with Crippen LogP contribution in [0.5, 0.6) is 0 Å². The molecule has 0 spiro atoms. The number of ether oxygens (including phenoxy) is 1. The Morgan fingerprint density at radius 2 is 1.90 bits per heavy atom. The van der Waals surface area contributed by atoms with E-state index in [0.29, 0.717) is 5.69 Å². The maximum absolute atomic E-state index is 11.8. The zero-order valence-electron chi connectivity index (χ0n) is 11.1. The molecule has 0 aliphatic carbocycles. The van der Waals surface area contributed by atoms with E-state index in [-0.39, 0.29) is 0 Å². The van der Waals surface area contributed by atoms with Crippen LogP contribution in [0.3, 0.4) is 0 Å². The Morgan fingerprint density at radius 1 is 1.25 bits per heavy atom. The Hall–Kier alpha value is -1.60. The van der Waals surface area contributed by atoms with Gasteiger partial charge in [0.05, 0.1) is 0 Å². The molecule has 1 rings (SSSR count). The molecule has 20 heavy (non-hydrogen) atoms. The van der Waals surface area contributed by atoms with Crippen molar-refractivity contribution in [3.05, 3.63) is 29.8 Å². The third-order valence-electron chi connectivity index (χ3n) is 2.32. The molecule has 1 amide bonds. The largest absolute Gasteiger partial charge is 0.411 e. The number of halogens is 3. The van der Waals surface area contributed by atoms with E-state index in [0.717, 1.165) is 18.7 Å². The summed E-state index contributed by atoms with van der Waals surface area (Å²) >= 11 is 0. The molecule has 1 aromatic rings. The lowest BCUT2D eigenvalue weighted by atomic mass is 10.2. The van der Waals surface area contributed by atoms with Gasteiger partial charge in [0, 0.05) is 12.2 Å². The Bertz CT molecular complexity index is 419. The average Bonchev–Trinajstić information content (AvgIpc) is 2.36. The molecule has 1 aromatic carbocycles. The second-order valence-electron chi connectivity index (χ2n) is 4.13. The molecule has 0 atom stereocenters. The average molecular weight is 290 g/mol. The van der Waals surface area contributed by atoms with E-state index in [2.05, 4.69) is 15.4 Å². The van der Waals surface area contributed by atoms with Crippen LogP contribution in [-0.4, -0.2) is 31.8 Å². The van der Waals surface area contributed by atoms with E-state index in [1.54, 1.807) is 12.1 Å². The molecule has 4 nitrogen and oxygen atoms in total. The van der Waals surface area contributed by atoms with E-state index < -0.39 is 25.3 Å². The predicted molar refractivity (Wildman–Crippen MR) is 69.3 cm³/mol. The predicted octanol–water partition coefficient (Wildman–Crippen LogP) is 2.31. The standard InChI is InChI=1S/C13H17F3N2O2/c1-2-17-7-10-3-5-11(6-4-10)18-12(19)8-20-9-13(14,15)16/h3-6,17H,2,7-9H2,1H3,(H,18,19). The van der Waals surface area contributed by atoms with Gasteiger partial charge in [0.25, 0.3) is 0 Å². The third kappa shape index (κ3) is 7.10. The quantitative estimate of drug-likeness (QED) is 0.810. The van der Waals surface area contributed by atoms with Crippen molar-refractivity contribution in [2.45, 2.75) is 19.6 Å². The zero-order chi connectivity index (χ0) is 15.0. The van der Waals surface area contributed by atoms with Gasteiger partial charge < -0.3 is 15.4 Å². The van der Waals surface area contributed by atoms with Crippen molar-refractivity contribution in [2.75, 3.05) is 25.1 Å². The van der Waals surface area contributed by atoms with Crippen LogP contribution in [0.15, 0.2) is 24.3 Å². The topological polar surface area (TPSA) is 50.4 Å². The second-order valence-corrected chi connectivity index (χ2v) is 4.13. The summed E-state index contributed by atoms with van der Waals surface area (Å²) < 4.78 is 39.7. The van der Waals surface area contributed by atoms with E-state index in [1.165, 1.54) is 0 Å². The number of nitrogens with one attached hydrogen (secondary N) is 2. The maximum atomic E-state index is 11.8. The molecule has 7 heteroatoms. The third-order valence-corrected chi connectivity index (χ3v) is 2.32. The van der Waals surface area contributed by atoms with E-state index in [4.69, 9.17) is 0 Å². The van der Waals surface area contributed by atoms with Crippen molar-refractivity contribution in [2.24, 2.45) is 0 Å². The fourth-order valence-corrected chi connectivity index (χ4v) is 1.43. The number of hydrogen-bond donors (Lipinski definition) is 2. The molecule has 0 bridgehead atoms. The van der Waals surface area contributed by atoms with Crippen LogP contribution < -0.4 is 10.6 Å². The highest BCUT2D eigenvalue weighted by molar-refractivity contribution is 5.91. The Kier molecular flexibility index (Phi) is 6.47. The van der Waals surface area contributed by atoms with Gasteiger partial charge in [-0.3, -0.25) is 4.79 Å². The minimum Gasteiger partial charge on any atom is -0.362 e. The second kappa shape index (κ2) is 7.86. The Morgan fingerprint density at radius 3 is 2.45 bits per heavy atom. The Labute approximate surface area is 115 Å². The molecule has 0 aromatic heterocycles. The number of carbonyl (C=O) groups excluding carboxylic acids is 1. The first-order chi connectivity index (χ1) is 9.40. The first kappa shape index (κ1) is 16.5. The van der Waals surface area contributed by atoms with Crippen LogP contribution >= 0.6 is 0 Å². The van der Waals surface area contributed by atoms with Gasteiger partial charge in [0.2, 0.25) is 5.91 Å². The van der Waals surface area contributed by atoms with Crippen molar-refractivity contribution in [3.8, 4) is 0 Å². The van der Waals surface area contributed by atoms with Gasteiger partial charge in [-0.05, 0) is 24.2 Å². The van der Waals surface area contributed by atoms with Crippen molar-refractivity contribution in [1.29, 1.82) is 0 Å². The minimum atomic E-state index is -4.42. The van der Waals surface area contributed by atoms with Crippen LogP contribution in [0.25, 0.3) is 0 Å². The highest BCUT2D eigenvalue weighted by atomic mass is 19.4. The summed E-state index contributed by atoms with van der Waals surface area (Å²) in [6.45, 7) is 1.52. The number of alkyl halides is 3. The smallest absolute Gasteiger partial charge is 0.362 e. The summed E-state index contributed by atoms with van der Waals surface area (Å²) in [5.41, 5.74) is 1.57. The summed E-state index contributed by atoms with van der Waals surface area (Å²) in [6, 6.07) is 7.03. The molecule has 2 N–H and O–H groups in total.